The molecular formula is C6H10F3NO3. The van der Waals surface area contributed by atoms with E-state index in [-0.39, 0.29) is 6.54 Å². The summed E-state index contributed by atoms with van der Waals surface area (Å²) in [5, 5.41) is 10.6. The number of alkyl halides is 3. The van der Waals surface area contributed by atoms with E-state index in [0.717, 1.165) is 0 Å². The van der Waals surface area contributed by atoms with Crippen molar-refractivity contribution in [2.45, 2.75) is 19.2 Å². The van der Waals surface area contributed by atoms with Crippen LogP contribution in [0.5, 0.6) is 0 Å². The zero-order valence-corrected chi connectivity index (χ0v) is 6.89. The van der Waals surface area contributed by atoms with Gasteiger partial charge in [-0.15, -0.1) is 0 Å². The Hall–Kier alpha value is -0.980. The molecule has 0 aliphatic heterocycles. The van der Waals surface area contributed by atoms with Gasteiger partial charge in [0.25, 0.3) is 0 Å². The number of carbonyl (C=O) groups is 1. The first-order chi connectivity index (χ1) is 5.81. The van der Waals surface area contributed by atoms with Crippen molar-refractivity contribution in [3.8, 4) is 0 Å². The van der Waals surface area contributed by atoms with Crippen LogP contribution in [0.25, 0.3) is 0 Å². The largest absolute Gasteiger partial charge is 0.440 e. The maximum Gasteiger partial charge on any atom is 0.422 e. The first-order valence-electron chi connectivity index (χ1n) is 3.46. The van der Waals surface area contributed by atoms with E-state index in [1.54, 1.807) is 0 Å². The van der Waals surface area contributed by atoms with Crippen molar-refractivity contribution in [2.24, 2.45) is 0 Å². The van der Waals surface area contributed by atoms with Crippen LogP contribution < -0.4 is 5.32 Å². The molecule has 0 aromatic heterocycles. The molecule has 0 heterocycles. The van der Waals surface area contributed by atoms with Crippen molar-refractivity contribution in [3.63, 3.8) is 0 Å². The highest BCUT2D eigenvalue weighted by atomic mass is 19.4. The average Bonchev–Trinajstić information content (AvgIpc) is 1.95. The lowest BCUT2D eigenvalue weighted by Gasteiger charge is -2.09. The zero-order chi connectivity index (χ0) is 10.5. The van der Waals surface area contributed by atoms with Crippen molar-refractivity contribution in [1.29, 1.82) is 0 Å². The summed E-state index contributed by atoms with van der Waals surface area (Å²) in [5.41, 5.74) is 0. The van der Waals surface area contributed by atoms with Gasteiger partial charge in [-0.25, -0.2) is 4.79 Å². The number of aliphatic hydroxyl groups is 1. The molecule has 0 aromatic rings. The maximum atomic E-state index is 11.5. The Bertz CT molecular complexity index is 169. The molecule has 0 aliphatic carbocycles. The summed E-state index contributed by atoms with van der Waals surface area (Å²) in [4.78, 5) is 10.4. The van der Waals surface area contributed by atoms with E-state index >= 15 is 0 Å². The van der Waals surface area contributed by atoms with Gasteiger partial charge < -0.3 is 15.2 Å². The number of amides is 1. The van der Waals surface area contributed by atoms with Gasteiger partial charge in [-0.3, -0.25) is 0 Å². The van der Waals surface area contributed by atoms with Gasteiger partial charge in [0, 0.05) is 6.54 Å². The number of nitrogens with one attached hydrogen (secondary N) is 1. The maximum absolute atomic E-state index is 11.5. The lowest BCUT2D eigenvalue weighted by atomic mass is 10.4. The highest BCUT2D eigenvalue weighted by molar-refractivity contribution is 5.67. The Kier molecular flexibility index (Phi) is 4.53. The van der Waals surface area contributed by atoms with Crippen molar-refractivity contribution in [2.75, 3.05) is 13.2 Å². The van der Waals surface area contributed by atoms with E-state index in [1.807, 2.05) is 5.32 Å². The Balaban J connectivity index is 3.53. The molecule has 0 aromatic carbocycles. The number of rotatable bonds is 3. The third-order valence-electron chi connectivity index (χ3n) is 0.909. The van der Waals surface area contributed by atoms with Crippen LogP contribution in [0, 0.1) is 0 Å². The molecule has 0 rings (SSSR count). The number of halogens is 3. The molecule has 7 heteroatoms. The van der Waals surface area contributed by atoms with Gasteiger partial charge in [0.2, 0.25) is 0 Å². The normalized spacial score (nSPS) is 13.6. The molecule has 0 spiro atoms. The summed E-state index contributed by atoms with van der Waals surface area (Å²) in [5.74, 6) is 0. The lowest BCUT2D eigenvalue weighted by molar-refractivity contribution is -0.160. The van der Waals surface area contributed by atoms with Crippen LogP contribution >= 0.6 is 0 Å². The fourth-order valence-corrected chi connectivity index (χ4v) is 0.429. The van der Waals surface area contributed by atoms with Gasteiger partial charge in [-0.1, -0.05) is 0 Å². The second kappa shape index (κ2) is 4.90. The third-order valence-corrected chi connectivity index (χ3v) is 0.909. The van der Waals surface area contributed by atoms with E-state index in [4.69, 9.17) is 5.11 Å². The summed E-state index contributed by atoms with van der Waals surface area (Å²) in [7, 11) is 0. The van der Waals surface area contributed by atoms with Crippen molar-refractivity contribution >= 4 is 6.09 Å². The number of hydrogen-bond donors (Lipinski definition) is 2. The van der Waals surface area contributed by atoms with E-state index in [1.165, 1.54) is 6.92 Å². The van der Waals surface area contributed by atoms with Crippen LogP contribution in [-0.2, 0) is 4.74 Å². The number of aliphatic hydroxyl groups excluding tert-OH is 1. The molecule has 4 nitrogen and oxygen atoms in total. The van der Waals surface area contributed by atoms with Gasteiger partial charge in [-0.05, 0) is 6.92 Å². The molecule has 0 aliphatic rings. The van der Waals surface area contributed by atoms with Crippen LogP contribution in [-0.4, -0.2) is 36.6 Å². The number of hydrogen-bond acceptors (Lipinski definition) is 3. The molecule has 13 heavy (non-hydrogen) atoms. The van der Waals surface area contributed by atoms with Crippen LogP contribution in [0.4, 0.5) is 18.0 Å². The molecule has 0 bridgehead atoms. The number of alkyl carbamates (subject to hydrolysis) is 1. The standard InChI is InChI=1S/C6H10F3NO3/c1-4(11)2-10-5(12)13-3-6(7,8)9/h4,11H,2-3H2,1H3,(H,10,12)/t4-/m1/s1. The molecule has 0 fully saturated rings. The van der Waals surface area contributed by atoms with Crippen molar-refractivity contribution in [1.82, 2.24) is 5.32 Å². The molecular weight excluding hydrogens is 191 g/mol. The fourth-order valence-electron chi connectivity index (χ4n) is 0.429. The Morgan fingerprint density at radius 3 is 2.54 bits per heavy atom. The summed E-state index contributed by atoms with van der Waals surface area (Å²) < 4.78 is 38.2. The van der Waals surface area contributed by atoms with Crippen LogP contribution in [0.15, 0.2) is 0 Å². The zero-order valence-electron chi connectivity index (χ0n) is 6.89. The molecule has 0 radical (unpaired) electrons. The highest BCUT2D eigenvalue weighted by Crippen LogP contribution is 2.14. The van der Waals surface area contributed by atoms with Gasteiger partial charge in [0.05, 0.1) is 6.10 Å². The predicted molar refractivity (Wildman–Crippen MR) is 37.1 cm³/mol. The average molecular weight is 201 g/mol. The SMILES string of the molecule is C[C@@H](O)CNC(=O)OCC(F)(F)F. The summed E-state index contributed by atoms with van der Waals surface area (Å²) >= 11 is 0. The minimum absolute atomic E-state index is 0.142. The second-order valence-corrected chi connectivity index (χ2v) is 2.42. The molecule has 1 atom stereocenters. The van der Waals surface area contributed by atoms with Crippen LogP contribution in [0.1, 0.15) is 6.92 Å². The van der Waals surface area contributed by atoms with Crippen LogP contribution in [0.2, 0.25) is 0 Å². The van der Waals surface area contributed by atoms with Gasteiger partial charge in [-0.2, -0.15) is 13.2 Å². The minimum atomic E-state index is -4.53. The quantitative estimate of drug-likeness (QED) is 0.705. The lowest BCUT2D eigenvalue weighted by Crippen LogP contribution is -2.33. The fraction of sp³-hybridized carbons (Fsp3) is 0.833. The molecule has 2 N–H and O–H groups in total. The second-order valence-electron chi connectivity index (χ2n) is 2.42. The summed E-state index contributed by atoms with van der Waals surface area (Å²) in [6, 6.07) is 0. The molecule has 78 valence electrons. The Morgan fingerprint density at radius 1 is 1.62 bits per heavy atom. The van der Waals surface area contributed by atoms with Gasteiger partial charge in [0.1, 0.15) is 0 Å². The first kappa shape index (κ1) is 12.0. The first-order valence-corrected chi connectivity index (χ1v) is 3.46. The topological polar surface area (TPSA) is 58.6 Å². The number of carbonyl (C=O) groups excluding carboxylic acids is 1. The van der Waals surface area contributed by atoms with E-state index in [2.05, 4.69) is 4.74 Å². The molecule has 0 unspecified atom stereocenters. The predicted octanol–water partition coefficient (Wildman–Crippen LogP) is 0.656. The highest BCUT2D eigenvalue weighted by Gasteiger charge is 2.29. The van der Waals surface area contributed by atoms with Crippen molar-refractivity contribution in [3.05, 3.63) is 0 Å². The Labute approximate surface area is 72.7 Å². The molecule has 0 saturated carbocycles. The van der Waals surface area contributed by atoms with E-state index in [9.17, 15) is 18.0 Å². The van der Waals surface area contributed by atoms with E-state index < -0.39 is 25.0 Å². The summed E-state index contributed by atoms with van der Waals surface area (Å²) in [6.45, 7) is -0.390. The monoisotopic (exact) mass is 201 g/mol. The molecule has 1 amide bonds. The number of ether oxygens (including phenoxy) is 1. The van der Waals surface area contributed by atoms with Gasteiger partial charge >= 0.3 is 12.3 Å². The summed E-state index contributed by atoms with van der Waals surface area (Å²) in [6.07, 6.45) is -6.54. The van der Waals surface area contributed by atoms with Crippen molar-refractivity contribution < 1.29 is 27.8 Å². The third kappa shape index (κ3) is 8.93. The smallest absolute Gasteiger partial charge is 0.422 e. The minimum Gasteiger partial charge on any atom is -0.440 e. The van der Waals surface area contributed by atoms with Gasteiger partial charge in [0.15, 0.2) is 6.61 Å². The molecule has 0 saturated heterocycles. The van der Waals surface area contributed by atoms with Crippen LogP contribution in [0.3, 0.4) is 0 Å². The Morgan fingerprint density at radius 2 is 2.15 bits per heavy atom. The van der Waals surface area contributed by atoms with E-state index in [0.29, 0.717) is 0 Å².